The molecule has 1 saturated heterocycles. The number of amides is 2. The lowest BCUT2D eigenvalue weighted by Gasteiger charge is -2.22. The Labute approximate surface area is 164 Å². The number of urea groups is 1. The maximum absolute atomic E-state index is 13.5. The summed E-state index contributed by atoms with van der Waals surface area (Å²) in [4.78, 5) is 18.1. The number of rotatable bonds is 4. The summed E-state index contributed by atoms with van der Waals surface area (Å²) in [6.45, 7) is 0. The smallest absolute Gasteiger partial charge is 0.414 e. The van der Waals surface area contributed by atoms with E-state index in [-0.39, 0.29) is 17.9 Å². The minimum absolute atomic E-state index is 0.196. The molecule has 0 bridgehead atoms. The van der Waals surface area contributed by atoms with E-state index in [9.17, 15) is 9.18 Å². The molecule has 0 radical (unpaired) electrons. The molecular weight excluding hydrogens is 357 g/mol. The van der Waals surface area contributed by atoms with Crippen molar-refractivity contribution in [1.82, 2.24) is 5.32 Å². The lowest BCUT2D eigenvalue weighted by molar-refractivity contribution is -0.510. The number of nitrogens with zero attached hydrogens (tertiary/aromatic N) is 1. The molecule has 2 aliphatic rings. The summed E-state index contributed by atoms with van der Waals surface area (Å²) in [5, 5.41) is 3.01. The second-order valence-electron chi connectivity index (χ2n) is 7.35. The molecule has 6 heteroatoms. The summed E-state index contributed by atoms with van der Waals surface area (Å²) in [5.41, 5.74) is 1.61. The third-order valence-electron chi connectivity index (χ3n) is 5.49. The van der Waals surface area contributed by atoms with Gasteiger partial charge in [0.25, 0.3) is 5.84 Å². The Hall–Kier alpha value is -2.89. The van der Waals surface area contributed by atoms with Gasteiger partial charge >= 0.3 is 6.03 Å². The minimum atomic E-state index is -0.344. The number of nitrogens with one attached hydrogen (secondary N) is 2. The van der Waals surface area contributed by atoms with E-state index in [0.29, 0.717) is 6.04 Å². The average Bonchev–Trinajstić information content (AvgIpc) is 3.05. The van der Waals surface area contributed by atoms with Crippen LogP contribution in [0.3, 0.4) is 0 Å². The van der Waals surface area contributed by atoms with Crippen LogP contribution >= 0.6 is 0 Å². The predicted octanol–water partition coefficient (Wildman–Crippen LogP) is 2.92. The fraction of sp³-hybridized carbons (Fsp3) is 0.364. The minimum Gasteiger partial charge on any atom is -0.497 e. The average molecular weight is 382 g/mol. The molecule has 2 N–H and O–H groups in total. The SMILES string of the molecule is COc1ccc(N2C(=O)NC(=[NH+]C3CCCCC3)[C@H]2c2ccc(F)cc2)cc1. The summed E-state index contributed by atoms with van der Waals surface area (Å²) in [7, 11) is 1.61. The Morgan fingerprint density at radius 1 is 1.04 bits per heavy atom. The number of anilines is 1. The molecule has 0 unspecified atom stereocenters. The molecular formula is C22H25FN3O2+. The first kappa shape index (κ1) is 18.5. The molecule has 28 heavy (non-hydrogen) atoms. The van der Waals surface area contributed by atoms with Crippen LogP contribution in [0.1, 0.15) is 43.7 Å². The van der Waals surface area contributed by atoms with Crippen molar-refractivity contribution in [2.24, 2.45) is 0 Å². The molecule has 0 aromatic heterocycles. The van der Waals surface area contributed by atoms with Gasteiger partial charge in [0, 0.05) is 5.69 Å². The van der Waals surface area contributed by atoms with Crippen LogP contribution in [-0.2, 0) is 0 Å². The first-order valence-corrected chi connectivity index (χ1v) is 9.79. The molecule has 146 valence electrons. The van der Waals surface area contributed by atoms with Crippen molar-refractivity contribution in [3.05, 3.63) is 59.9 Å². The molecule has 1 aliphatic carbocycles. The van der Waals surface area contributed by atoms with E-state index in [0.717, 1.165) is 35.7 Å². The van der Waals surface area contributed by atoms with Crippen molar-refractivity contribution in [1.29, 1.82) is 0 Å². The van der Waals surface area contributed by atoms with Gasteiger partial charge in [-0.3, -0.25) is 9.89 Å². The van der Waals surface area contributed by atoms with Crippen molar-refractivity contribution in [3.8, 4) is 5.75 Å². The topological polar surface area (TPSA) is 55.5 Å². The molecule has 1 atom stereocenters. The molecule has 2 aromatic rings. The van der Waals surface area contributed by atoms with Crippen LogP contribution in [0.4, 0.5) is 14.9 Å². The fourth-order valence-corrected chi connectivity index (χ4v) is 4.04. The lowest BCUT2D eigenvalue weighted by atomic mass is 9.95. The van der Waals surface area contributed by atoms with Crippen molar-refractivity contribution in [2.45, 2.75) is 44.2 Å². The van der Waals surface area contributed by atoms with E-state index in [4.69, 9.17) is 4.74 Å². The van der Waals surface area contributed by atoms with Crippen molar-refractivity contribution >= 4 is 17.6 Å². The molecule has 1 aliphatic heterocycles. The Bertz CT molecular complexity index is 858. The number of halogens is 1. The van der Waals surface area contributed by atoms with Gasteiger partial charge in [-0.05, 0) is 67.6 Å². The second kappa shape index (κ2) is 8.00. The van der Waals surface area contributed by atoms with E-state index < -0.39 is 0 Å². The van der Waals surface area contributed by atoms with Crippen LogP contribution in [-0.4, -0.2) is 25.0 Å². The predicted molar refractivity (Wildman–Crippen MR) is 106 cm³/mol. The van der Waals surface area contributed by atoms with Gasteiger partial charge in [-0.2, -0.15) is 5.32 Å². The van der Waals surface area contributed by atoms with Crippen molar-refractivity contribution < 1.29 is 18.9 Å². The number of benzene rings is 2. The molecule has 2 amide bonds. The zero-order valence-corrected chi connectivity index (χ0v) is 16.0. The Morgan fingerprint density at radius 3 is 2.36 bits per heavy atom. The highest BCUT2D eigenvalue weighted by molar-refractivity contribution is 6.14. The van der Waals surface area contributed by atoms with E-state index in [1.807, 2.05) is 24.3 Å². The number of carbonyl (C=O) groups is 1. The third-order valence-corrected chi connectivity index (χ3v) is 5.49. The van der Waals surface area contributed by atoms with Gasteiger partial charge in [0.2, 0.25) is 0 Å². The van der Waals surface area contributed by atoms with E-state index in [2.05, 4.69) is 10.3 Å². The summed E-state index contributed by atoms with van der Waals surface area (Å²) in [6.07, 6.45) is 5.85. The number of methoxy groups -OCH3 is 1. The Kier molecular flexibility index (Phi) is 5.28. The Balaban J connectivity index is 1.73. The number of ether oxygens (including phenoxy) is 1. The molecule has 1 saturated carbocycles. The fourth-order valence-electron chi connectivity index (χ4n) is 4.04. The summed E-state index contributed by atoms with van der Waals surface area (Å²) in [5.74, 6) is 1.20. The highest BCUT2D eigenvalue weighted by atomic mass is 19.1. The van der Waals surface area contributed by atoms with E-state index in [1.165, 1.54) is 31.4 Å². The van der Waals surface area contributed by atoms with Gasteiger partial charge in [0.05, 0.1) is 13.2 Å². The van der Waals surface area contributed by atoms with Crippen LogP contribution in [0.25, 0.3) is 0 Å². The highest BCUT2D eigenvalue weighted by Gasteiger charge is 2.45. The summed E-state index contributed by atoms with van der Waals surface area (Å²) in [6, 6.07) is 13.5. The third kappa shape index (κ3) is 3.72. The number of hydrogen-bond donors (Lipinski definition) is 2. The standard InChI is InChI=1S/C22H24FN3O2/c1-28-19-13-11-18(12-14-19)26-20(15-7-9-16(23)10-8-15)21(25-22(26)27)24-17-5-3-2-4-6-17/h7-14,17,20H,2-6H2,1H3,(H,24,25,27)/p+1/t20-/m1/s1. The maximum Gasteiger partial charge on any atom is 0.414 e. The van der Waals surface area contributed by atoms with E-state index in [1.54, 1.807) is 24.1 Å². The number of carbonyl (C=O) groups excluding carboxylic acids is 1. The summed E-state index contributed by atoms with van der Waals surface area (Å²) >= 11 is 0. The van der Waals surface area contributed by atoms with Gasteiger partial charge < -0.3 is 4.74 Å². The largest absolute Gasteiger partial charge is 0.497 e. The number of amidine groups is 1. The molecule has 5 nitrogen and oxygen atoms in total. The van der Waals surface area contributed by atoms with Gasteiger partial charge in [0.15, 0.2) is 6.04 Å². The first-order valence-electron chi connectivity index (χ1n) is 9.79. The van der Waals surface area contributed by atoms with Crippen molar-refractivity contribution in [3.63, 3.8) is 0 Å². The molecule has 4 rings (SSSR count). The second-order valence-corrected chi connectivity index (χ2v) is 7.35. The zero-order valence-electron chi connectivity index (χ0n) is 16.0. The lowest BCUT2D eigenvalue weighted by Crippen LogP contribution is -2.82. The van der Waals surface area contributed by atoms with Gasteiger partial charge in [-0.25, -0.2) is 9.18 Å². The normalized spacial score (nSPS) is 21.8. The molecule has 1 heterocycles. The van der Waals surface area contributed by atoms with Crippen LogP contribution < -0.4 is 19.9 Å². The van der Waals surface area contributed by atoms with E-state index >= 15 is 0 Å². The zero-order chi connectivity index (χ0) is 19.5. The van der Waals surface area contributed by atoms with Crippen LogP contribution in [0.15, 0.2) is 48.5 Å². The number of hydrogen-bond acceptors (Lipinski definition) is 2. The van der Waals surface area contributed by atoms with Crippen LogP contribution in [0, 0.1) is 5.82 Å². The molecule has 0 spiro atoms. The quantitative estimate of drug-likeness (QED) is 0.854. The molecule has 2 fully saturated rings. The Morgan fingerprint density at radius 2 is 1.71 bits per heavy atom. The van der Waals surface area contributed by atoms with Gasteiger partial charge in [-0.15, -0.1) is 0 Å². The molecule has 2 aromatic carbocycles. The monoisotopic (exact) mass is 382 g/mol. The first-order chi connectivity index (χ1) is 13.7. The van der Waals surface area contributed by atoms with Crippen molar-refractivity contribution in [2.75, 3.05) is 12.0 Å². The van der Waals surface area contributed by atoms with Gasteiger partial charge in [0.1, 0.15) is 11.6 Å². The summed E-state index contributed by atoms with van der Waals surface area (Å²) < 4.78 is 18.7. The van der Waals surface area contributed by atoms with Crippen LogP contribution in [0.2, 0.25) is 0 Å². The highest BCUT2D eigenvalue weighted by Crippen LogP contribution is 2.32. The maximum atomic E-state index is 13.5. The van der Waals surface area contributed by atoms with Gasteiger partial charge in [-0.1, -0.05) is 18.6 Å². The van der Waals surface area contributed by atoms with Crippen LogP contribution in [0.5, 0.6) is 5.75 Å².